The first-order valence-corrected chi connectivity index (χ1v) is 5.87. The highest BCUT2D eigenvalue weighted by Crippen LogP contribution is 2.04. The zero-order chi connectivity index (χ0) is 13.4. The number of esters is 1. The van der Waals surface area contributed by atoms with E-state index in [1.54, 1.807) is 26.0 Å². The molecule has 0 spiro atoms. The van der Waals surface area contributed by atoms with Crippen LogP contribution in [0.4, 0.5) is 10.5 Å². The van der Waals surface area contributed by atoms with Crippen LogP contribution in [0.3, 0.4) is 0 Å². The summed E-state index contributed by atoms with van der Waals surface area (Å²) in [5.41, 5.74) is 0.708. The van der Waals surface area contributed by atoms with Crippen molar-refractivity contribution in [3.8, 4) is 0 Å². The van der Waals surface area contributed by atoms with E-state index in [0.29, 0.717) is 5.69 Å². The van der Waals surface area contributed by atoms with Crippen LogP contribution in [0.15, 0.2) is 30.3 Å². The zero-order valence-electron chi connectivity index (χ0n) is 10.6. The predicted octanol–water partition coefficient (Wildman–Crippen LogP) is 2.15. The summed E-state index contributed by atoms with van der Waals surface area (Å²) in [6.07, 6.45) is 0.0380. The monoisotopic (exact) mass is 250 g/mol. The van der Waals surface area contributed by atoms with E-state index in [0.717, 1.165) is 0 Å². The minimum absolute atomic E-state index is 0.129. The topological polar surface area (TPSA) is 67.4 Å². The predicted molar refractivity (Wildman–Crippen MR) is 69.3 cm³/mol. The van der Waals surface area contributed by atoms with Crippen molar-refractivity contribution in [1.82, 2.24) is 5.32 Å². The number of carbonyl (C=O) groups is 2. The first kappa shape index (κ1) is 14.0. The Morgan fingerprint density at radius 2 is 1.89 bits per heavy atom. The molecular weight excluding hydrogens is 232 g/mol. The van der Waals surface area contributed by atoms with Gasteiger partial charge >= 0.3 is 12.0 Å². The summed E-state index contributed by atoms with van der Waals surface area (Å²) < 4.78 is 4.94. The third-order valence-electron chi connectivity index (χ3n) is 2.01. The Morgan fingerprint density at radius 1 is 1.22 bits per heavy atom. The Morgan fingerprint density at radius 3 is 2.50 bits per heavy atom. The summed E-state index contributed by atoms with van der Waals surface area (Å²) in [4.78, 5) is 22.6. The summed E-state index contributed by atoms with van der Waals surface area (Å²) in [5, 5.41) is 5.24. The molecule has 98 valence electrons. The molecule has 2 N–H and O–H groups in total. The van der Waals surface area contributed by atoms with Crippen molar-refractivity contribution in [3.05, 3.63) is 30.3 Å². The minimum Gasteiger partial charge on any atom is -0.463 e. The van der Waals surface area contributed by atoms with Crippen LogP contribution in [0, 0.1) is 0 Å². The smallest absolute Gasteiger partial charge is 0.319 e. The highest BCUT2D eigenvalue weighted by molar-refractivity contribution is 5.89. The molecule has 0 saturated heterocycles. The number of amides is 2. The SMILES string of the molecule is CC(C)OC(=O)CCNC(=O)Nc1ccccc1. The Bertz CT molecular complexity index is 390. The molecule has 0 aliphatic carbocycles. The van der Waals surface area contributed by atoms with E-state index in [4.69, 9.17) is 4.74 Å². The lowest BCUT2D eigenvalue weighted by Crippen LogP contribution is -2.31. The lowest BCUT2D eigenvalue weighted by molar-refractivity contribution is -0.147. The Labute approximate surface area is 107 Å². The molecule has 5 heteroatoms. The quantitative estimate of drug-likeness (QED) is 0.787. The average Bonchev–Trinajstić information content (AvgIpc) is 2.29. The lowest BCUT2D eigenvalue weighted by atomic mass is 10.3. The van der Waals surface area contributed by atoms with Gasteiger partial charge in [-0.05, 0) is 26.0 Å². The molecule has 2 amide bonds. The molecule has 0 atom stereocenters. The molecule has 0 aromatic heterocycles. The van der Waals surface area contributed by atoms with Gasteiger partial charge in [-0.25, -0.2) is 4.79 Å². The van der Waals surface area contributed by atoms with Crippen molar-refractivity contribution in [1.29, 1.82) is 0 Å². The van der Waals surface area contributed by atoms with E-state index < -0.39 is 0 Å². The van der Waals surface area contributed by atoms with Gasteiger partial charge in [0, 0.05) is 12.2 Å². The van der Waals surface area contributed by atoms with Gasteiger partial charge in [0.25, 0.3) is 0 Å². The molecule has 18 heavy (non-hydrogen) atoms. The largest absolute Gasteiger partial charge is 0.463 e. The van der Waals surface area contributed by atoms with Crippen LogP contribution in [0.1, 0.15) is 20.3 Å². The van der Waals surface area contributed by atoms with Crippen molar-refractivity contribution in [3.63, 3.8) is 0 Å². The highest BCUT2D eigenvalue weighted by Gasteiger charge is 2.06. The molecule has 0 heterocycles. The Hall–Kier alpha value is -2.04. The fraction of sp³-hybridized carbons (Fsp3) is 0.385. The number of hydrogen-bond donors (Lipinski definition) is 2. The average molecular weight is 250 g/mol. The molecule has 0 fully saturated rings. The fourth-order valence-electron chi connectivity index (χ4n) is 1.30. The van der Waals surface area contributed by atoms with Crippen LogP contribution in [0.5, 0.6) is 0 Å². The van der Waals surface area contributed by atoms with Crippen molar-refractivity contribution in [2.45, 2.75) is 26.4 Å². The van der Waals surface area contributed by atoms with E-state index >= 15 is 0 Å². The van der Waals surface area contributed by atoms with E-state index in [1.807, 2.05) is 18.2 Å². The number of urea groups is 1. The zero-order valence-corrected chi connectivity index (χ0v) is 10.6. The van der Waals surface area contributed by atoms with Gasteiger partial charge in [0.15, 0.2) is 0 Å². The summed E-state index contributed by atoms with van der Waals surface area (Å²) in [5.74, 6) is -0.315. The van der Waals surface area contributed by atoms with E-state index in [-0.39, 0.29) is 31.1 Å². The molecule has 1 rings (SSSR count). The van der Waals surface area contributed by atoms with Crippen molar-refractivity contribution in [2.24, 2.45) is 0 Å². The molecule has 0 radical (unpaired) electrons. The van der Waals surface area contributed by atoms with E-state index in [9.17, 15) is 9.59 Å². The number of carbonyl (C=O) groups excluding carboxylic acids is 2. The van der Waals surface area contributed by atoms with Crippen LogP contribution in [0.2, 0.25) is 0 Å². The molecule has 0 unspecified atom stereocenters. The second-order valence-electron chi connectivity index (χ2n) is 4.04. The number of benzene rings is 1. The molecule has 5 nitrogen and oxygen atoms in total. The first-order valence-electron chi connectivity index (χ1n) is 5.87. The normalized spacial score (nSPS) is 9.94. The maximum absolute atomic E-state index is 11.4. The Balaban J connectivity index is 2.20. The number of ether oxygens (including phenoxy) is 1. The molecule has 0 aliphatic rings. The highest BCUT2D eigenvalue weighted by atomic mass is 16.5. The maximum atomic E-state index is 11.4. The van der Waals surface area contributed by atoms with Crippen molar-refractivity contribution >= 4 is 17.7 Å². The molecule has 0 bridgehead atoms. The van der Waals surface area contributed by atoms with Crippen LogP contribution >= 0.6 is 0 Å². The third-order valence-corrected chi connectivity index (χ3v) is 2.01. The number of rotatable bonds is 5. The van der Waals surface area contributed by atoms with Crippen molar-refractivity contribution in [2.75, 3.05) is 11.9 Å². The van der Waals surface area contributed by atoms with Gasteiger partial charge in [0.2, 0.25) is 0 Å². The molecule has 0 aliphatic heterocycles. The number of nitrogens with one attached hydrogen (secondary N) is 2. The first-order chi connectivity index (χ1) is 8.58. The van der Waals surface area contributed by atoms with Crippen molar-refractivity contribution < 1.29 is 14.3 Å². The molecule has 1 aromatic carbocycles. The van der Waals surface area contributed by atoms with E-state index in [1.165, 1.54) is 0 Å². The second kappa shape index (κ2) is 7.32. The number of hydrogen-bond acceptors (Lipinski definition) is 3. The Kier molecular flexibility index (Phi) is 5.70. The lowest BCUT2D eigenvalue weighted by Gasteiger charge is -2.09. The summed E-state index contributed by atoms with van der Waals surface area (Å²) in [7, 11) is 0. The summed E-state index contributed by atoms with van der Waals surface area (Å²) in [6, 6.07) is 8.76. The van der Waals surface area contributed by atoms with Gasteiger partial charge in [-0.3, -0.25) is 4.79 Å². The van der Waals surface area contributed by atoms with Gasteiger partial charge in [-0.15, -0.1) is 0 Å². The maximum Gasteiger partial charge on any atom is 0.319 e. The fourth-order valence-corrected chi connectivity index (χ4v) is 1.30. The van der Waals surface area contributed by atoms with Gasteiger partial charge < -0.3 is 15.4 Å². The van der Waals surface area contributed by atoms with Gasteiger partial charge in [-0.2, -0.15) is 0 Å². The molecule has 1 aromatic rings. The van der Waals surface area contributed by atoms with Gasteiger partial charge in [0.05, 0.1) is 12.5 Å². The van der Waals surface area contributed by atoms with E-state index in [2.05, 4.69) is 10.6 Å². The van der Waals surface area contributed by atoms with Crippen LogP contribution in [0.25, 0.3) is 0 Å². The molecule has 0 saturated carbocycles. The summed E-state index contributed by atoms with van der Waals surface area (Å²) in [6.45, 7) is 3.82. The van der Waals surface area contributed by atoms with Gasteiger partial charge in [-0.1, -0.05) is 18.2 Å². The number of para-hydroxylation sites is 1. The molecular formula is C13H18N2O3. The third kappa shape index (κ3) is 5.89. The second-order valence-corrected chi connectivity index (χ2v) is 4.04. The standard InChI is InChI=1S/C13H18N2O3/c1-10(2)18-12(16)8-9-14-13(17)15-11-6-4-3-5-7-11/h3-7,10H,8-9H2,1-2H3,(H2,14,15,17). The number of anilines is 1. The van der Waals surface area contributed by atoms with Crippen LogP contribution < -0.4 is 10.6 Å². The van der Waals surface area contributed by atoms with Crippen LogP contribution in [-0.2, 0) is 9.53 Å². The minimum atomic E-state index is -0.335. The van der Waals surface area contributed by atoms with Crippen LogP contribution in [-0.4, -0.2) is 24.6 Å². The van der Waals surface area contributed by atoms with Gasteiger partial charge in [0.1, 0.15) is 0 Å². The summed E-state index contributed by atoms with van der Waals surface area (Å²) >= 11 is 0.